The Hall–Kier alpha value is -3.39. The molecular weight excluding hydrogens is 594 g/mol. The molecule has 0 unspecified atom stereocenters. The fourth-order valence-corrected chi connectivity index (χ4v) is 5.52. The van der Waals surface area contributed by atoms with Crippen LogP contribution in [0.15, 0.2) is 53.4 Å². The van der Waals surface area contributed by atoms with Crippen LogP contribution in [0.4, 0.5) is 34.5 Å². The maximum absolute atomic E-state index is 9.88. The van der Waals surface area contributed by atoms with Gasteiger partial charge in [-0.25, -0.2) is 10.8 Å². The molecule has 2 aromatic carbocycles. The lowest BCUT2D eigenvalue weighted by Crippen LogP contribution is -2.35. The van der Waals surface area contributed by atoms with Crippen LogP contribution in [0.2, 0.25) is 0 Å². The third-order valence-electron chi connectivity index (χ3n) is 7.04. The van der Waals surface area contributed by atoms with E-state index in [0.717, 1.165) is 54.0 Å². The molecule has 3 heterocycles. The molecule has 1 aliphatic rings. The molecule has 2 aromatic heterocycles. The molecule has 210 valence electrons. The second-order valence-electron chi connectivity index (χ2n) is 9.38. The van der Waals surface area contributed by atoms with Gasteiger partial charge in [-0.1, -0.05) is 11.9 Å². The predicted molar refractivity (Wildman–Crippen MR) is 166 cm³/mol. The third kappa shape index (κ3) is 5.46. The minimum absolute atomic E-state index is 0.228. The topological polar surface area (TPSA) is 120 Å². The van der Waals surface area contributed by atoms with Gasteiger partial charge in [-0.3, -0.25) is 15.0 Å². The molecule has 0 aliphatic carbocycles. The molecule has 1 saturated heterocycles. The Labute approximate surface area is 246 Å². The van der Waals surface area contributed by atoms with E-state index in [4.69, 9.17) is 15.6 Å². The Bertz CT molecular complexity index is 1500. The minimum atomic E-state index is -0.228. The van der Waals surface area contributed by atoms with Gasteiger partial charge in [-0.15, -0.1) is 0 Å². The van der Waals surface area contributed by atoms with Crippen molar-refractivity contribution in [2.45, 2.75) is 18.9 Å². The monoisotopic (exact) mass is 625 g/mol. The van der Waals surface area contributed by atoms with Crippen LogP contribution in [0.25, 0.3) is 11.0 Å². The van der Waals surface area contributed by atoms with Gasteiger partial charge in [0.15, 0.2) is 5.82 Å². The first-order chi connectivity index (χ1) is 19.3. The maximum Gasteiger partial charge on any atom is 0.231 e. The first-order valence-corrected chi connectivity index (χ1v) is 14.7. The standard InChI is InChI=1S/C27H32BrN9O2S/c1-34(21-7-5-17(15-23(21)39-3)36-13-9-18(38)10-14-36)27-32-16-19(28)26(33-27)37(29)22-8-6-20-24(31-12-11-30-20)25(22)35(2)40-4/h5-8,11-12,15-16,18,38H,9-10,13-14,29H2,1-4H3. The van der Waals surface area contributed by atoms with E-state index in [-0.39, 0.29) is 6.10 Å². The summed E-state index contributed by atoms with van der Waals surface area (Å²) in [7, 11) is 5.50. The van der Waals surface area contributed by atoms with Gasteiger partial charge in [0.05, 0.1) is 34.6 Å². The van der Waals surface area contributed by atoms with E-state index in [1.54, 1.807) is 37.6 Å². The van der Waals surface area contributed by atoms with Crippen LogP contribution in [-0.4, -0.2) is 71.7 Å². The van der Waals surface area contributed by atoms with E-state index in [2.05, 4.69) is 41.8 Å². The zero-order valence-corrected chi connectivity index (χ0v) is 25.2. The van der Waals surface area contributed by atoms with Crippen LogP contribution in [0.3, 0.4) is 0 Å². The number of fused-ring (bicyclic) bond motifs is 1. The Morgan fingerprint density at radius 3 is 2.52 bits per heavy atom. The zero-order chi connectivity index (χ0) is 28.4. The van der Waals surface area contributed by atoms with Crippen molar-refractivity contribution < 1.29 is 9.84 Å². The highest BCUT2D eigenvalue weighted by Crippen LogP contribution is 2.41. The number of hydrogen-bond acceptors (Lipinski definition) is 12. The Morgan fingerprint density at radius 2 is 1.80 bits per heavy atom. The predicted octanol–water partition coefficient (Wildman–Crippen LogP) is 4.65. The highest BCUT2D eigenvalue weighted by molar-refractivity contribution is 9.10. The van der Waals surface area contributed by atoms with Gasteiger partial charge < -0.3 is 23.9 Å². The average molecular weight is 627 g/mol. The molecule has 0 radical (unpaired) electrons. The van der Waals surface area contributed by atoms with Crippen LogP contribution >= 0.6 is 27.9 Å². The smallest absolute Gasteiger partial charge is 0.231 e. The molecule has 4 aromatic rings. The van der Waals surface area contributed by atoms with E-state index in [1.807, 2.05) is 53.8 Å². The van der Waals surface area contributed by atoms with Gasteiger partial charge in [0.25, 0.3) is 0 Å². The minimum Gasteiger partial charge on any atom is -0.494 e. The van der Waals surface area contributed by atoms with Crippen molar-refractivity contribution >= 4 is 73.4 Å². The second kappa shape index (κ2) is 12.0. The molecule has 0 saturated carbocycles. The molecule has 1 fully saturated rings. The summed E-state index contributed by atoms with van der Waals surface area (Å²) < 4.78 is 8.41. The summed E-state index contributed by atoms with van der Waals surface area (Å²) in [5.74, 6) is 8.37. The van der Waals surface area contributed by atoms with Crippen molar-refractivity contribution in [2.24, 2.45) is 5.84 Å². The number of rotatable bonds is 8. The number of hydrazine groups is 1. The molecule has 3 N–H and O–H groups in total. The number of aromatic nitrogens is 4. The molecule has 0 spiro atoms. The molecular formula is C27H32BrN9O2S. The largest absolute Gasteiger partial charge is 0.494 e. The van der Waals surface area contributed by atoms with E-state index < -0.39 is 0 Å². The normalized spacial score (nSPS) is 13.9. The van der Waals surface area contributed by atoms with E-state index in [9.17, 15) is 5.11 Å². The molecule has 0 bridgehead atoms. The van der Waals surface area contributed by atoms with Gasteiger partial charge in [0, 0.05) is 63.8 Å². The number of benzene rings is 2. The number of piperidine rings is 1. The van der Waals surface area contributed by atoms with Crippen molar-refractivity contribution in [1.82, 2.24) is 19.9 Å². The van der Waals surface area contributed by atoms with Crippen LogP contribution in [0.5, 0.6) is 5.75 Å². The van der Waals surface area contributed by atoms with Crippen molar-refractivity contribution in [1.29, 1.82) is 0 Å². The van der Waals surface area contributed by atoms with Crippen molar-refractivity contribution in [3.8, 4) is 5.75 Å². The van der Waals surface area contributed by atoms with Gasteiger partial charge in [0.1, 0.15) is 17.0 Å². The summed E-state index contributed by atoms with van der Waals surface area (Å²) in [6, 6.07) is 9.88. The Kier molecular flexibility index (Phi) is 8.45. The summed E-state index contributed by atoms with van der Waals surface area (Å²) in [5, 5.41) is 11.4. The second-order valence-corrected chi connectivity index (χ2v) is 11.1. The van der Waals surface area contributed by atoms with Crippen LogP contribution in [0, 0.1) is 0 Å². The highest BCUT2D eigenvalue weighted by atomic mass is 79.9. The first kappa shape index (κ1) is 28.1. The maximum atomic E-state index is 9.88. The summed E-state index contributed by atoms with van der Waals surface area (Å²) in [4.78, 5) is 22.6. The van der Waals surface area contributed by atoms with E-state index >= 15 is 0 Å². The molecule has 0 atom stereocenters. The van der Waals surface area contributed by atoms with E-state index in [1.165, 1.54) is 5.01 Å². The van der Waals surface area contributed by atoms with E-state index in [0.29, 0.717) is 27.7 Å². The highest BCUT2D eigenvalue weighted by Gasteiger charge is 2.23. The summed E-state index contributed by atoms with van der Waals surface area (Å²) in [6.45, 7) is 1.61. The number of nitrogens with two attached hydrogens (primary N) is 1. The molecule has 1 aliphatic heterocycles. The number of aliphatic hydroxyl groups excluding tert-OH is 1. The summed E-state index contributed by atoms with van der Waals surface area (Å²) >= 11 is 5.13. The molecule has 11 nitrogen and oxygen atoms in total. The number of anilines is 6. The quantitative estimate of drug-likeness (QED) is 0.161. The number of methoxy groups -OCH3 is 1. The number of hydrogen-bond donors (Lipinski definition) is 2. The molecule has 0 amide bonds. The van der Waals surface area contributed by atoms with Gasteiger partial charge in [0.2, 0.25) is 5.95 Å². The number of halogens is 1. The SMILES string of the molecule is COc1cc(N2CCC(O)CC2)ccc1N(C)c1ncc(Br)c(N(N)c2ccc3nccnc3c2N(C)SC)n1. The summed E-state index contributed by atoms with van der Waals surface area (Å²) in [6.07, 6.45) is 8.31. The Morgan fingerprint density at radius 1 is 1.07 bits per heavy atom. The van der Waals surface area contributed by atoms with Crippen LogP contribution < -0.4 is 29.7 Å². The number of nitrogens with zero attached hydrogens (tertiary/aromatic N) is 8. The Balaban J connectivity index is 1.49. The molecule has 13 heteroatoms. The number of aliphatic hydroxyl groups is 1. The lowest BCUT2D eigenvalue weighted by atomic mass is 10.1. The zero-order valence-electron chi connectivity index (χ0n) is 22.8. The van der Waals surface area contributed by atoms with Gasteiger partial charge in [-0.2, -0.15) is 4.98 Å². The summed E-state index contributed by atoms with van der Waals surface area (Å²) in [5.41, 5.74) is 4.91. The van der Waals surface area contributed by atoms with Gasteiger partial charge in [-0.05, 0) is 53.0 Å². The van der Waals surface area contributed by atoms with Gasteiger partial charge >= 0.3 is 0 Å². The lowest BCUT2D eigenvalue weighted by Gasteiger charge is -2.32. The molecule has 5 rings (SSSR count). The van der Waals surface area contributed by atoms with Crippen molar-refractivity contribution in [3.05, 3.63) is 53.4 Å². The third-order valence-corrected chi connectivity index (χ3v) is 8.33. The van der Waals surface area contributed by atoms with Crippen LogP contribution in [-0.2, 0) is 0 Å². The average Bonchev–Trinajstić information content (AvgIpc) is 2.99. The lowest BCUT2D eigenvalue weighted by molar-refractivity contribution is 0.145. The number of ether oxygens (including phenoxy) is 1. The fraction of sp³-hybridized carbons (Fsp3) is 0.333. The fourth-order valence-electron chi connectivity index (χ4n) is 4.77. The van der Waals surface area contributed by atoms with Crippen molar-refractivity contribution in [3.63, 3.8) is 0 Å². The molecule has 40 heavy (non-hydrogen) atoms. The van der Waals surface area contributed by atoms with Crippen LogP contribution in [0.1, 0.15) is 12.8 Å². The van der Waals surface area contributed by atoms with Crippen molar-refractivity contribution in [2.75, 3.05) is 59.7 Å². The first-order valence-electron chi connectivity index (χ1n) is 12.8.